The van der Waals surface area contributed by atoms with Gasteiger partial charge in [-0.25, -0.2) is 9.67 Å². The molecule has 3 aromatic rings. The Bertz CT molecular complexity index is 834. The molecule has 0 aliphatic heterocycles. The zero-order valence-electron chi connectivity index (χ0n) is 14.5. The normalized spacial score (nSPS) is 13.6. The maximum atomic E-state index is 5.21. The van der Waals surface area contributed by atoms with E-state index in [0.29, 0.717) is 0 Å². The van der Waals surface area contributed by atoms with Crippen LogP contribution in [0, 0.1) is 0 Å². The number of nitrogens with zero attached hydrogens (tertiary/aromatic N) is 4. The third-order valence-electron chi connectivity index (χ3n) is 4.91. The highest BCUT2D eigenvalue weighted by atomic mass is 16.5. The summed E-state index contributed by atoms with van der Waals surface area (Å²) < 4.78 is 7.18. The molecular formula is C19H23N5O. The van der Waals surface area contributed by atoms with Crippen LogP contribution in [-0.4, -0.2) is 32.1 Å². The highest BCUT2D eigenvalue weighted by molar-refractivity contribution is 5.28. The molecule has 6 heteroatoms. The third-order valence-corrected chi connectivity index (χ3v) is 4.91. The average Bonchev–Trinajstić information content (AvgIpc) is 3.27. The molecule has 1 aliphatic carbocycles. The number of hydrogen-bond acceptors (Lipinski definition) is 4. The molecule has 0 bridgehead atoms. The van der Waals surface area contributed by atoms with Crippen molar-refractivity contribution in [3.05, 3.63) is 58.9 Å². The molecule has 1 aliphatic rings. The third kappa shape index (κ3) is 3.43. The Morgan fingerprint density at radius 1 is 1.12 bits per heavy atom. The fraction of sp³-hybridized carbons (Fsp3) is 0.421. The van der Waals surface area contributed by atoms with Crippen LogP contribution >= 0.6 is 0 Å². The van der Waals surface area contributed by atoms with E-state index in [4.69, 9.17) is 4.74 Å². The van der Waals surface area contributed by atoms with Crippen molar-refractivity contribution in [1.82, 2.24) is 25.0 Å². The molecule has 2 aromatic heterocycles. The maximum absolute atomic E-state index is 5.21. The van der Waals surface area contributed by atoms with Crippen LogP contribution < -0.4 is 4.74 Å². The first-order chi connectivity index (χ1) is 12.3. The molecule has 1 N–H and O–H groups in total. The topological polar surface area (TPSA) is 68.6 Å². The lowest BCUT2D eigenvalue weighted by atomic mass is 9.94. The summed E-state index contributed by atoms with van der Waals surface area (Å²) in [7, 11) is 1.68. The van der Waals surface area contributed by atoms with E-state index >= 15 is 0 Å². The molecule has 6 nitrogen and oxygen atoms in total. The molecule has 0 spiro atoms. The van der Waals surface area contributed by atoms with E-state index in [9.17, 15) is 0 Å². The molecule has 0 radical (unpaired) electrons. The standard InChI is InChI=1S/C19H23N5O/c1-25-15-8-6-14(7-9-15)12-24-19(20-13-21-24)11-10-18-16-4-2-3-5-17(16)22-23-18/h6-9,13H,2-5,10-12H2,1H3,(H,22,23). The number of nitrogens with one attached hydrogen (secondary N) is 1. The van der Waals surface area contributed by atoms with Gasteiger partial charge in [0.15, 0.2) is 0 Å². The van der Waals surface area contributed by atoms with Gasteiger partial charge in [-0.15, -0.1) is 0 Å². The van der Waals surface area contributed by atoms with Crippen LogP contribution in [-0.2, 0) is 32.2 Å². The molecule has 25 heavy (non-hydrogen) atoms. The van der Waals surface area contributed by atoms with E-state index in [2.05, 4.69) is 32.4 Å². The lowest BCUT2D eigenvalue weighted by molar-refractivity contribution is 0.414. The molecule has 0 atom stereocenters. The number of hydrogen-bond donors (Lipinski definition) is 1. The van der Waals surface area contributed by atoms with E-state index in [-0.39, 0.29) is 0 Å². The molecule has 0 unspecified atom stereocenters. The highest BCUT2D eigenvalue weighted by Gasteiger charge is 2.17. The quantitative estimate of drug-likeness (QED) is 0.751. The van der Waals surface area contributed by atoms with Gasteiger partial charge in [-0.1, -0.05) is 12.1 Å². The number of benzene rings is 1. The van der Waals surface area contributed by atoms with E-state index in [1.165, 1.54) is 35.4 Å². The van der Waals surface area contributed by atoms with Crippen LogP contribution in [0.5, 0.6) is 5.75 Å². The number of rotatable bonds is 6. The number of methoxy groups -OCH3 is 1. The molecule has 0 saturated carbocycles. The summed E-state index contributed by atoms with van der Waals surface area (Å²) in [6.07, 6.45) is 8.23. The molecule has 2 heterocycles. The number of aryl methyl sites for hydroxylation is 3. The predicted molar refractivity (Wildman–Crippen MR) is 94.8 cm³/mol. The Morgan fingerprint density at radius 2 is 1.96 bits per heavy atom. The maximum Gasteiger partial charge on any atom is 0.138 e. The van der Waals surface area contributed by atoms with Crippen molar-refractivity contribution in [2.45, 2.75) is 45.1 Å². The zero-order chi connectivity index (χ0) is 17.1. The summed E-state index contributed by atoms with van der Waals surface area (Å²) in [5.41, 5.74) is 5.16. The Morgan fingerprint density at radius 3 is 2.80 bits per heavy atom. The molecule has 1 aromatic carbocycles. The van der Waals surface area contributed by atoms with Gasteiger partial charge in [-0.05, 0) is 55.4 Å². The Labute approximate surface area is 147 Å². The molecule has 0 amide bonds. The van der Waals surface area contributed by atoms with Crippen molar-refractivity contribution >= 4 is 0 Å². The van der Waals surface area contributed by atoms with Crippen molar-refractivity contribution in [1.29, 1.82) is 0 Å². The second-order valence-corrected chi connectivity index (χ2v) is 6.52. The Balaban J connectivity index is 1.43. The number of ether oxygens (including phenoxy) is 1. The van der Waals surface area contributed by atoms with Crippen LogP contribution in [0.25, 0.3) is 0 Å². The van der Waals surface area contributed by atoms with Gasteiger partial charge in [0.1, 0.15) is 17.9 Å². The lowest BCUT2D eigenvalue weighted by Gasteiger charge is -2.11. The van der Waals surface area contributed by atoms with Crippen molar-refractivity contribution in [3.8, 4) is 5.75 Å². The van der Waals surface area contributed by atoms with Crippen molar-refractivity contribution in [2.24, 2.45) is 0 Å². The SMILES string of the molecule is COc1ccc(Cn2ncnc2CCc2n[nH]c3c2CCCC3)cc1. The van der Waals surface area contributed by atoms with Gasteiger partial charge in [-0.3, -0.25) is 5.10 Å². The van der Waals surface area contributed by atoms with E-state index in [1.807, 2.05) is 16.8 Å². The molecular weight excluding hydrogens is 314 g/mol. The summed E-state index contributed by atoms with van der Waals surface area (Å²) in [5, 5.41) is 12.1. The number of H-pyrrole nitrogens is 1. The minimum absolute atomic E-state index is 0.720. The summed E-state index contributed by atoms with van der Waals surface area (Å²) in [6, 6.07) is 8.08. The molecule has 0 fully saturated rings. The van der Waals surface area contributed by atoms with Crippen molar-refractivity contribution in [3.63, 3.8) is 0 Å². The minimum Gasteiger partial charge on any atom is -0.497 e. The number of aromatic nitrogens is 5. The summed E-state index contributed by atoms with van der Waals surface area (Å²) in [6.45, 7) is 0.720. The minimum atomic E-state index is 0.720. The largest absolute Gasteiger partial charge is 0.497 e. The Kier molecular flexibility index (Phi) is 4.50. The summed E-state index contributed by atoms with van der Waals surface area (Å²) in [5.74, 6) is 1.87. The molecule has 130 valence electrons. The lowest BCUT2D eigenvalue weighted by Crippen LogP contribution is -2.09. The summed E-state index contributed by atoms with van der Waals surface area (Å²) in [4.78, 5) is 4.45. The van der Waals surface area contributed by atoms with Crippen LogP contribution in [0.4, 0.5) is 0 Å². The van der Waals surface area contributed by atoms with Gasteiger partial charge in [0.2, 0.25) is 0 Å². The number of aromatic amines is 1. The predicted octanol–water partition coefficient (Wildman–Crippen LogP) is 2.72. The molecule has 0 saturated heterocycles. The van der Waals surface area contributed by atoms with Crippen molar-refractivity contribution < 1.29 is 4.74 Å². The van der Waals surface area contributed by atoms with E-state index in [0.717, 1.165) is 43.8 Å². The van der Waals surface area contributed by atoms with Crippen LogP contribution in [0.15, 0.2) is 30.6 Å². The van der Waals surface area contributed by atoms with Gasteiger partial charge in [0.25, 0.3) is 0 Å². The van der Waals surface area contributed by atoms with Crippen molar-refractivity contribution in [2.75, 3.05) is 7.11 Å². The number of fused-ring (bicyclic) bond motifs is 1. The second-order valence-electron chi connectivity index (χ2n) is 6.52. The van der Waals surface area contributed by atoms with Gasteiger partial charge in [0.05, 0.1) is 19.3 Å². The smallest absolute Gasteiger partial charge is 0.138 e. The summed E-state index contributed by atoms with van der Waals surface area (Å²) >= 11 is 0. The van der Waals surface area contributed by atoms with Gasteiger partial charge >= 0.3 is 0 Å². The molecule has 4 rings (SSSR count). The zero-order valence-corrected chi connectivity index (χ0v) is 14.5. The second kappa shape index (κ2) is 7.09. The van der Waals surface area contributed by atoms with Gasteiger partial charge < -0.3 is 4.74 Å². The fourth-order valence-corrected chi connectivity index (χ4v) is 3.50. The van der Waals surface area contributed by atoms with Gasteiger partial charge in [-0.2, -0.15) is 10.2 Å². The van der Waals surface area contributed by atoms with Crippen LogP contribution in [0.2, 0.25) is 0 Å². The monoisotopic (exact) mass is 337 g/mol. The Hall–Kier alpha value is -2.63. The van der Waals surface area contributed by atoms with E-state index in [1.54, 1.807) is 13.4 Å². The first kappa shape index (κ1) is 15.9. The van der Waals surface area contributed by atoms with Gasteiger partial charge in [0, 0.05) is 12.1 Å². The van der Waals surface area contributed by atoms with Crippen LogP contribution in [0.1, 0.15) is 41.2 Å². The van der Waals surface area contributed by atoms with Crippen LogP contribution in [0.3, 0.4) is 0 Å². The first-order valence-corrected chi connectivity index (χ1v) is 8.88. The fourth-order valence-electron chi connectivity index (χ4n) is 3.50. The first-order valence-electron chi connectivity index (χ1n) is 8.88. The average molecular weight is 337 g/mol. The van der Waals surface area contributed by atoms with E-state index < -0.39 is 0 Å². The highest BCUT2D eigenvalue weighted by Crippen LogP contribution is 2.23.